The van der Waals surface area contributed by atoms with Gasteiger partial charge in [-0.05, 0) is 90.6 Å². The maximum absolute atomic E-state index is 6.25. The minimum atomic E-state index is -0.440. The van der Waals surface area contributed by atoms with E-state index in [1.54, 1.807) is 0 Å². The summed E-state index contributed by atoms with van der Waals surface area (Å²) in [5.41, 5.74) is 2.33. The predicted molar refractivity (Wildman–Crippen MR) is 154 cm³/mol. The summed E-state index contributed by atoms with van der Waals surface area (Å²) < 4.78 is 28.7. The average molecular weight is 722 g/mol. The van der Waals surface area contributed by atoms with Crippen LogP contribution in [0.4, 0.5) is 0 Å². The third-order valence-electron chi connectivity index (χ3n) is 7.43. The quantitative estimate of drug-likeness (QED) is 0.320. The van der Waals surface area contributed by atoms with Gasteiger partial charge in [0.25, 0.3) is 0 Å². The van der Waals surface area contributed by atoms with Crippen LogP contribution in [0.15, 0.2) is 42.2 Å². The van der Waals surface area contributed by atoms with Gasteiger partial charge in [-0.2, -0.15) is 0 Å². The van der Waals surface area contributed by atoms with E-state index in [1.807, 2.05) is 0 Å². The number of halogens is 4. The summed E-state index contributed by atoms with van der Waals surface area (Å²) in [5.74, 6) is 0. The molecule has 0 atom stereocenters. The topological polar surface area (TPSA) is 36.9 Å². The smallest absolute Gasteiger partial charge is 0.399 e. The Hall–Kier alpha value is 0.330. The first kappa shape index (κ1) is 27.4. The Balaban J connectivity index is 1.69. The van der Waals surface area contributed by atoms with Crippen LogP contribution in [0.1, 0.15) is 55.4 Å². The first-order valence-electron chi connectivity index (χ1n) is 11.2. The van der Waals surface area contributed by atoms with Gasteiger partial charge >= 0.3 is 14.2 Å². The van der Waals surface area contributed by atoms with E-state index in [2.05, 4.69) is 143 Å². The second-order valence-electron chi connectivity index (χ2n) is 10.9. The molecule has 2 heterocycles. The molecular formula is C24H28B2Br4O4. The molecule has 2 fully saturated rings. The molecular weight excluding hydrogens is 694 g/mol. The van der Waals surface area contributed by atoms with Crippen molar-refractivity contribution in [2.45, 2.75) is 77.8 Å². The van der Waals surface area contributed by atoms with E-state index in [4.69, 9.17) is 18.6 Å². The zero-order valence-corrected chi connectivity index (χ0v) is 27.0. The molecule has 2 aliphatic rings. The van der Waals surface area contributed by atoms with Gasteiger partial charge in [0.15, 0.2) is 0 Å². The molecule has 0 aliphatic carbocycles. The van der Waals surface area contributed by atoms with Crippen molar-refractivity contribution in [3.8, 4) is 11.1 Å². The number of hydrogen-bond donors (Lipinski definition) is 0. The Bertz CT molecular complexity index is 982. The van der Waals surface area contributed by atoms with Crippen LogP contribution in [0.2, 0.25) is 0 Å². The van der Waals surface area contributed by atoms with E-state index >= 15 is 0 Å². The summed E-state index contributed by atoms with van der Waals surface area (Å²) in [5, 5.41) is 0. The summed E-state index contributed by atoms with van der Waals surface area (Å²) >= 11 is 15.2. The van der Waals surface area contributed by atoms with E-state index in [0.717, 1.165) is 39.9 Å². The Morgan fingerprint density at radius 2 is 0.676 bits per heavy atom. The van der Waals surface area contributed by atoms with Crippen molar-refractivity contribution in [3.05, 3.63) is 42.2 Å². The summed E-state index contributed by atoms with van der Waals surface area (Å²) in [6, 6.07) is 8.24. The molecule has 2 aromatic carbocycles. The van der Waals surface area contributed by atoms with Gasteiger partial charge in [-0.15, -0.1) is 0 Å². The third kappa shape index (κ3) is 4.68. The lowest BCUT2D eigenvalue weighted by Gasteiger charge is -2.32. The Kier molecular flexibility index (Phi) is 7.22. The third-order valence-corrected chi connectivity index (χ3v) is 9.93. The lowest BCUT2D eigenvalue weighted by atomic mass is 9.77. The Labute approximate surface area is 237 Å². The van der Waals surface area contributed by atoms with Gasteiger partial charge in [0.2, 0.25) is 0 Å². The molecule has 0 saturated carbocycles. The Morgan fingerprint density at radius 1 is 0.471 bits per heavy atom. The standard InChI is InChI=1S/C24H28B2Br4O4/c1-21(2)22(3,4)32-25(31-21)13-9-15(27)19(16(28)10-13)20-17(29)11-14(12-18(20)30)26-33-23(5,6)24(7,8)34-26/h9-12H,1-8H3. The van der Waals surface area contributed by atoms with E-state index < -0.39 is 36.6 Å². The molecule has 4 rings (SSSR count). The highest BCUT2D eigenvalue weighted by Gasteiger charge is 2.53. The van der Waals surface area contributed by atoms with Gasteiger partial charge in [0.1, 0.15) is 0 Å². The van der Waals surface area contributed by atoms with Crippen LogP contribution in [-0.4, -0.2) is 36.6 Å². The minimum Gasteiger partial charge on any atom is -0.399 e. The number of hydrogen-bond acceptors (Lipinski definition) is 4. The lowest BCUT2D eigenvalue weighted by Crippen LogP contribution is -2.41. The molecule has 34 heavy (non-hydrogen) atoms. The second kappa shape index (κ2) is 8.97. The van der Waals surface area contributed by atoms with Crippen LogP contribution in [0.25, 0.3) is 11.1 Å². The van der Waals surface area contributed by atoms with Crippen LogP contribution in [-0.2, 0) is 18.6 Å². The number of benzene rings is 2. The van der Waals surface area contributed by atoms with Crippen molar-refractivity contribution >= 4 is 88.9 Å². The molecule has 0 N–H and O–H groups in total. The zero-order chi connectivity index (χ0) is 25.4. The SMILES string of the molecule is CC1(C)OB(c2cc(Br)c(-c3c(Br)cc(B4OC(C)(C)C(C)(C)O4)cc3Br)c(Br)c2)OC1(C)C. The van der Waals surface area contributed by atoms with Crippen LogP contribution in [0, 0.1) is 0 Å². The minimum absolute atomic E-state index is 0.398. The fourth-order valence-corrected chi connectivity index (χ4v) is 7.13. The Morgan fingerprint density at radius 3 is 0.882 bits per heavy atom. The first-order valence-corrected chi connectivity index (χ1v) is 14.3. The lowest BCUT2D eigenvalue weighted by molar-refractivity contribution is 0.00578. The summed E-state index contributed by atoms with van der Waals surface area (Å²) in [4.78, 5) is 0. The van der Waals surface area contributed by atoms with Gasteiger partial charge in [-0.25, -0.2) is 0 Å². The van der Waals surface area contributed by atoms with Gasteiger partial charge < -0.3 is 18.6 Å². The van der Waals surface area contributed by atoms with Crippen LogP contribution < -0.4 is 10.9 Å². The summed E-state index contributed by atoms with van der Waals surface area (Å²) in [6.07, 6.45) is 0. The molecule has 2 aliphatic heterocycles. The van der Waals surface area contributed by atoms with Crippen molar-refractivity contribution < 1.29 is 18.6 Å². The van der Waals surface area contributed by atoms with Crippen molar-refractivity contribution in [3.63, 3.8) is 0 Å². The molecule has 4 nitrogen and oxygen atoms in total. The van der Waals surface area contributed by atoms with Gasteiger partial charge in [-0.3, -0.25) is 0 Å². The molecule has 0 bridgehead atoms. The van der Waals surface area contributed by atoms with Gasteiger partial charge in [0, 0.05) is 29.0 Å². The van der Waals surface area contributed by atoms with E-state index in [9.17, 15) is 0 Å². The fourth-order valence-electron chi connectivity index (χ4n) is 3.89. The second-order valence-corrected chi connectivity index (χ2v) is 14.3. The normalized spacial score (nSPS) is 22.5. The zero-order valence-electron chi connectivity index (χ0n) is 20.6. The molecule has 0 unspecified atom stereocenters. The molecule has 0 radical (unpaired) electrons. The van der Waals surface area contributed by atoms with Crippen molar-refractivity contribution in [2.75, 3.05) is 0 Å². The van der Waals surface area contributed by atoms with E-state index in [0.29, 0.717) is 0 Å². The molecule has 2 aromatic rings. The molecule has 0 amide bonds. The van der Waals surface area contributed by atoms with E-state index in [1.165, 1.54) is 0 Å². The van der Waals surface area contributed by atoms with Gasteiger partial charge in [0.05, 0.1) is 22.4 Å². The van der Waals surface area contributed by atoms with E-state index in [-0.39, 0.29) is 0 Å². The average Bonchev–Trinajstić information content (AvgIpc) is 3.02. The molecule has 10 heteroatoms. The molecule has 2 saturated heterocycles. The summed E-state index contributed by atoms with van der Waals surface area (Å²) in [7, 11) is -0.881. The largest absolute Gasteiger partial charge is 0.494 e. The molecule has 0 aromatic heterocycles. The van der Waals surface area contributed by atoms with Crippen molar-refractivity contribution in [1.29, 1.82) is 0 Å². The van der Waals surface area contributed by atoms with Crippen molar-refractivity contribution in [1.82, 2.24) is 0 Å². The van der Waals surface area contributed by atoms with Crippen LogP contribution >= 0.6 is 63.7 Å². The monoisotopic (exact) mass is 718 g/mol. The summed E-state index contributed by atoms with van der Waals surface area (Å²) in [6.45, 7) is 16.5. The first-order chi connectivity index (χ1) is 15.5. The van der Waals surface area contributed by atoms with Crippen molar-refractivity contribution in [2.24, 2.45) is 0 Å². The highest BCUT2D eigenvalue weighted by molar-refractivity contribution is 9.11. The van der Waals surface area contributed by atoms with Crippen LogP contribution in [0.3, 0.4) is 0 Å². The van der Waals surface area contributed by atoms with Gasteiger partial charge in [-0.1, -0.05) is 63.7 Å². The molecule has 0 spiro atoms. The molecule has 182 valence electrons. The highest BCUT2D eigenvalue weighted by Crippen LogP contribution is 2.44. The highest BCUT2D eigenvalue weighted by atomic mass is 79.9. The fraction of sp³-hybridized carbons (Fsp3) is 0.500. The predicted octanol–water partition coefficient (Wildman–Crippen LogP) is 7.00. The number of rotatable bonds is 3. The van der Waals surface area contributed by atoms with Crippen LogP contribution in [0.5, 0.6) is 0 Å². The maximum atomic E-state index is 6.25. The maximum Gasteiger partial charge on any atom is 0.494 e.